The molecule has 4 nitrogen and oxygen atoms in total. The van der Waals surface area contributed by atoms with E-state index in [4.69, 9.17) is 5.26 Å². The van der Waals surface area contributed by atoms with Crippen molar-refractivity contribution < 1.29 is 4.79 Å². The number of rotatable bonds is 4. The second-order valence-electron chi connectivity index (χ2n) is 4.17. The van der Waals surface area contributed by atoms with Crippen molar-refractivity contribution >= 4 is 27.5 Å². The van der Waals surface area contributed by atoms with Gasteiger partial charge < -0.3 is 10.2 Å². The van der Waals surface area contributed by atoms with Crippen molar-refractivity contribution in [3.63, 3.8) is 0 Å². The molecule has 96 valence electrons. The number of hydrogen-bond acceptors (Lipinski definition) is 3. The highest BCUT2D eigenvalue weighted by atomic mass is 79.9. The van der Waals surface area contributed by atoms with Crippen LogP contribution in [0.2, 0.25) is 0 Å². The van der Waals surface area contributed by atoms with E-state index in [1.54, 1.807) is 13.1 Å². The number of benzene rings is 1. The summed E-state index contributed by atoms with van der Waals surface area (Å²) in [7, 11) is 3.50. The van der Waals surface area contributed by atoms with E-state index in [1.807, 2.05) is 31.0 Å². The van der Waals surface area contributed by atoms with Crippen LogP contribution in [0.3, 0.4) is 0 Å². The van der Waals surface area contributed by atoms with Gasteiger partial charge in [-0.1, -0.05) is 22.9 Å². The quantitative estimate of drug-likeness (QED) is 0.927. The van der Waals surface area contributed by atoms with E-state index >= 15 is 0 Å². The lowest BCUT2D eigenvalue weighted by atomic mass is 10.1. The molecule has 1 atom stereocenters. The monoisotopic (exact) mass is 309 g/mol. The highest BCUT2D eigenvalue weighted by molar-refractivity contribution is 9.10. The van der Waals surface area contributed by atoms with Crippen LogP contribution < -0.4 is 10.2 Å². The molecule has 1 rings (SSSR count). The van der Waals surface area contributed by atoms with Crippen molar-refractivity contribution in [3.05, 3.63) is 28.2 Å². The Hall–Kier alpha value is -1.54. The Balaban J connectivity index is 2.88. The summed E-state index contributed by atoms with van der Waals surface area (Å²) in [6.45, 7) is 2.43. The normalized spacial score (nSPS) is 11.5. The summed E-state index contributed by atoms with van der Waals surface area (Å²) in [4.78, 5) is 13.4. The zero-order valence-corrected chi connectivity index (χ0v) is 12.3. The average molecular weight is 310 g/mol. The molecular formula is C13H16BrN3O. The number of amides is 1. The Morgan fingerprint density at radius 3 is 2.83 bits per heavy atom. The van der Waals surface area contributed by atoms with E-state index in [0.717, 1.165) is 10.2 Å². The minimum absolute atomic E-state index is 0.00234. The number of nitriles is 1. The summed E-state index contributed by atoms with van der Waals surface area (Å²) < 4.78 is 0.871. The van der Waals surface area contributed by atoms with Crippen LogP contribution in [0.25, 0.3) is 0 Å². The second kappa shape index (κ2) is 6.41. The zero-order valence-electron chi connectivity index (χ0n) is 10.7. The number of nitrogens with zero attached hydrogens (tertiary/aromatic N) is 2. The maximum atomic E-state index is 11.5. The van der Waals surface area contributed by atoms with Gasteiger partial charge in [0.2, 0.25) is 5.91 Å². The van der Waals surface area contributed by atoms with E-state index < -0.39 is 0 Å². The maximum Gasteiger partial charge on any atom is 0.224 e. The maximum absolute atomic E-state index is 11.5. The van der Waals surface area contributed by atoms with Crippen molar-refractivity contribution in [2.24, 2.45) is 5.92 Å². The second-order valence-corrected chi connectivity index (χ2v) is 5.08. The van der Waals surface area contributed by atoms with Crippen molar-refractivity contribution in [2.75, 3.05) is 25.5 Å². The number of carbonyl (C=O) groups excluding carboxylic acids is 1. The molecule has 0 saturated carbocycles. The Bertz CT molecular complexity index is 482. The van der Waals surface area contributed by atoms with Crippen LogP contribution in [0.1, 0.15) is 12.5 Å². The fraction of sp³-hybridized carbons (Fsp3) is 0.385. The predicted octanol–water partition coefficient (Wildman–Crippen LogP) is 2.14. The van der Waals surface area contributed by atoms with Crippen LogP contribution in [0.5, 0.6) is 0 Å². The Morgan fingerprint density at radius 1 is 1.61 bits per heavy atom. The molecule has 1 aromatic rings. The first-order chi connectivity index (χ1) is 8.49. The van der Waals surface area contributed by atoms with Crippen LogP contribution >= 0.6 is 15.9 Å². The molecule has 0 unspecified atom stereocenters. The molecule has 0 aromatic heterocycles. The third-order valence-electron chi connectivity index (χ3n) is 2.73. The summed E-state index contributed by atoms with van der Waals surface area (Å²) >= 11 is 3.34. The first kappa shape index (κ1) is 14.5. The number of anilines is 1. The van der Waals surface area contributed by atoms with Gasteiger partial charge in [0.25, 0.3) is 0 Å². The van der Waals surface area contributed by atoms with Gasteiger partial charge in [-0.3, -0.25) is 4.79 Å². The molecule has 0 saturated heterocycles. The molecule has 1 amide bonds. The molecule has 18 heavy (non-hydrogen) atoms. The van der Waals surface area contributed by atoms with Gasteiger partial charge in [0.05, 0.1) is 17.2 Å². The minimum Gasteiger partial charge on any atom is -0.373 e. The van der Waals surface area contributed by atoms with Gasteiger partial charge >= 0.3 is 0 Å². The highest BCUT2D eigenvalue weighted by Crippen LogP contribution is 2.23. The van der Waals surface area contributed by atoms with Gasteiger partial charge in [-0.15, -0.1) is 0 Å². The topological polar surface area (TPSA) is 56.1 Å². The third kappa shape index (κ3) is 3.47. The number of halogens is 1. The van der Waals surface area contributed by atoms with Crippen molar-refractivity contribution in [1.82, 2.24) is 5.32 Å². The van der Waals surface area contributed by atoms with Crippen LogP contribution in [0.15, 0.2) is 22.7 Å². The van der Waals surface area contributed by atoms with Gasteiger partial charge in [0.15, 0.2) is 0 Å². The molecule has 0 aliphatic heterocycles. The summed E-state index contributed by atoms with van der Waals surface area (Å²) in [6.07, 6.45) is 0. The van der Waals surface area contributed by atoms with Crippen molar-refractivity contribution in [3.8, 4) is 6.07 Å². The van der Waals surface area contributed by atoms with Crippen LogP contribution in [-0.4, -0.2) is 26.5 Å². The first-order valence-corrected chi connectivity index (χ1v) is 6.41. The van der Waals surface area contributed by atoms with Crippen molar-refractivity contribution in [1.29, 1.82) is 5.26 Å². The van der Waals surface area contributed by atoms with E-state index in [2.05, 4.69) is 27.3 Å². The van der Waals surface area contributed by atoms with Gasteiger partial charge in [0, 0.05) is 25.1 Å². The van der Waals surface area contributed by atoms with Crippen LogP contribution in [0.4, 0.5) is 5.69 Å². The molecule has 0 bridgehead atoms. The van der Waals surface area contributed by atoms with E-state index in [0.29, 0.717) is 12.1 Å². The standard InChI is InChI=1S/C13H16BrN3O/c1-9(13(18)16-2)8-17(3)12-5-4-11(14)6-10(12)7-15/h4-6,9H,8H2,1-3H3,(H,16,18)/t9-/m0/s1. The third-order valence-corrected chi connectivity index (χ3v) is 3.23. The Labute approximate surface area is 116 Å². The van der Waals surface area contributed by atoms with Crippen LogP contribution in [-0.2, 0) is 4.79 Å². The fourth-order valence-electron chi connectivity index (χ4n) is 1.77. The molecule has 0 heterocycles. The van der Waals surface area contributed by atoms with E-state index in [9.17, 15) is 4.79 Å². The highest BCUT2D eigenvalue weighted by Gasteiger charge is 2.15. The molecular weight excluding hydrogens is 294 g/mol. The Kier molecular flexibility index (Phi) is 5.17. The van der Waals surface area contributed by atoms with Gasteiger partial charge in [-0.05, 0) is 18.2 Å². The molecule has 0 spiro atoms. The lowest BCUT2D eigenvalue weighted by Gasteiger charge is -2.23. The summed E-state index contributed by atoms with van der Waals surface area (Å²) in [5.74, 6) is -0.132. The van der Waals surface area contributed by atoms with Crippen molar-refractivity contribution in [2.45, 2.75) is 6.92 Å². The zero-order chi connectivity index (χ0) is 13.7. The summed E-state index contributed by atoms with van der Waals surface area (Å²) in [5, 5.41) is 11.7. The average Bonchev–Trinajstić information content (AvgIpc) is 2.37. The Morgan fingerprint density at radius 2 is 2.28 bits per heavy atom. The molecule has 0 aliphatic rings. The largest absolute Gasteiger partial charge is 0.373 e. The summed E-state index contributed by atoms with van der Waals surface area (Å²) in [6, 6.07) is 7.70. The SMILES string of the molecule is CNC(=O)[C@@H](C)CN(C)c1ccc(Br)cc1C#N. The fourth-order valence-corrected chi connectivity index (χ4v) is 2.13. The number of hydrogen-bond donors (Lipinski definition) is 1. The van der Waals surface area contributed by atoms with Gasteiger partial charge in [0.1, 0.15) is 6.07 Å². The first-order valence-electron chi connectivity index (χ1n) is 5.62. The minimum atomic E-state index is -0.129. The molecule has 0 fully saturated rings. The van der Waals surface area contributed by atoms with E-state index in [-0.39, 0.29) is 11.8 Å². The smallest absolute Gasteiger partial charge is 0.224 e. The van der Waals surface area contributed by atoms with Gasteiger partial charge in [-0.25, -0.2) is 0 Å². The predicted molar refractivity (Wildman–Crippen MR) is 75.4 cm³/mol. The van der Waals surface area contributed by atoms with Gasteiger partial charge in [-0.2, -0.15) is 5.26 Å². The molecule has 1 aromatic carbocycles. The number of nitrogens with one attached hydrogen (secondary N) is 1. The van der Waals surface area contributed by atoms with E-state index in [1.165, 1.54) is 0 Å². The lowest BCUT2D eigenvalue weighted by Crippen LogP contribution is -2.34. The van der Waals surface area contributed by atoms with Crippen LogP contribution in [0, 0.1) is 17.2 Å². The number of carbonyl (C=O) groups is 1. The summed E-state index contributed by atoms with van der Waals surface area (Å²) in [5.41, 5.74) is 1.42. The molecule has 5 heteroatoms. The lowest BCUT2D eigenvalue weighted by molar-refractivity contribution is -0.123. The molecule has 1 N–H and O–H groups in total. The molecule has 0 aliphatic carbocycles. The molecule has 0 radical (unpaired) electrons.